The van der Waals surface area contributed by atoms with Crippen LogP contribution in [0.3, 0.4) is 0 Å². The van der Waals surface area contributed by atoms with Crippen molar-refractivity contribution in [2.24, 2.45) is 5.73 Å². The van der Waals surface area contributed by atoms with Crippen LogP contribution in [0.4, 0.5) is 0 Å². The fourth-order valence-electron chi connectivity index (χ4n) is 2.38. The van der Waals surface area contributed by atoms with E-state index >= 15 is 0 Å². The maximum atomic E-state index is 6.42. The molecule has 0 aliphatic heterocycles. The van der Waals surface area contributed by atoms with Crippen LogP contribution in [0.5, 0.6) is 0 Å². The average Bonchev–Trinajstić information content (AvgIpc) is 2.46. The molecule has 0 bridgehead atoms. The second-order valence-corrected chi connectivity index (χ2v) is 4.65. The highest BCUT2D eigenvalue weighted by atomic mass is 14.7. The second-order valence-electron chi connectivity index (χ2n) is 4.65. The van der Waals surface area contributed by atoms with Gasteiger partial charge in [-0.25, -0.2) is 0 Å². The van der Waals surface area contributed by atoms with Gasteiger partial charge in [-0.2, -0.15) is 0 Å². The number of benzene rings is 1. The molecule has 2 heterocycles. The van der Waals surface area contributed by atoms with Gasteiger partial charge in [-0.05, 0) is 41.1 Å². The molecule has 0 spiro atoms. The van der Waals surface area contributed by atoms with E-state index in [1.165, 1.54) is 0 Å². The maximum Gasteiger partial charge on any atom is 0.0576 e. The van der Waals surface area contributed by atoms with Crippen molar-refractivity contribution in [1.82, 2.24) is 9.97 Å². The Morgan fingerprint density at radius 3 is 2.58 bits per heavy atom. The van der Waals surface area contributed by atoms with Crippen molar-refractivity contribution in [3.05, 3.63) is 71.8 Å². The van der Waals surface area contributed by atoms with Gasteiger partial charge in [0.1, 0.15) is 0 Å². The van der Waals surface area contributed by atoms with E-state index in [-0.39, 0.29) is 6.04 Å². The summed E-state index contributed by atoms with van der Waals surface area (Å²) in [6.45, 7) is 2.06. The number of aryl methyl sites for hydroxylation is 1. The maximum absolute atomic E-state index is 6.42. The third-order valence-electron chi connectivity index (χ3n) is 3.47. The van der Waals surface area contributed by atoms with Crippen LogP contribution in [0.25, 0.3) is 10.8 Å². The van der Waals surface area contributed by atoms with Crippen LogP contribution in [-0.2, 0) is 0 Å². The smallest absolute Gasteiger partial charge is 0.0576 e. The molecule has 3 heteroatoms. The zero-order valence-corrected chi connectivity index (χ0v) is 10.7. The lowest BCUT2D eigenvalue weighted by Crippen LogP contribution is -2.14. The van der Waals surface area contributed by atoms with Crippen LogP contribution in [0, 0.1) is 6.92 Å². The molecule has 0 saturated carbocycles. The highest BCUT2D eigenvalue weighted by molar-refractivity contribution is 5.85. The monoisotopic (exact) mass is 249 g/mol. The first kappa shape index (κ1) is 11.8. The van der Waals surface area contributed by atoms with Gasteiger partial charge in [-0.15, -0.1) is 0 Å². The number of fused-ring (bicyclic) bond motifs is 1. The average molecular weight is 249 g/mol. The van der Waals surface area contributed by atoms with Crippen molar-refractivity contribution in [3.8, 4) is 0 Å². The van der Waals surface area contributed by atoms with Crippen LogP contribution >= 0.6 is 0 Å². The first-order valence-corrected chi connectivity index (χ1v) is 6.26. The lowest BCUT2D eigenvalue weighted by molar-refractivity contribution is 0.860. The van der Waals surface area contributed by atoms with Gasteiger partial charge in [-0.3, -0.25) is 9.97 Å². The molecule has 1 unspecified atom stereocenters. The van der Waals surface area contributed by atoms with Gasteiger partial charge in [0.25, 0.3) is 0 Å². The summed E-state index contributed by atoms with van der Waals surface area (Å²) in [7, 11) is 0. The number of pyridine rings is 2. The molecule has 0 saturated heterocycles. The van der Waals surface area contributed by atoms with Crippen LogP contribution in [0.2, 0.25) is 0 Å². The Kier molecular flexibility index (Phi) is 2.97. The van der Waals surface area contributed by atoms with Crippen LogP contribution < -0.4 is 5.73 Å². The van der Waals surface area contributed by atoms with E-state index < -0.39 is 0 Å². The number of nitrogens with two attached hydrogens (primary N) is 1. The molecule has 3 rings (SSSR count). The molecule has 2 N–H and O–H groups in total. The normalized spacial score (nSPS) is 12.5. The fraction of sp³-hybridized carbons (Fsp3) is 0.125. The molecule has 1 aromatic carbocycles. The van der Waals surface area contributed by atoms with Crippen molar-refractivity contribution in [2.75, 3.05) is 0 Å². The van der Waals surface area contributed by atoms with Gasteiger partial charge in [0, 0.05) is 30.2 Å². The Morgan fingerprint density at radius 1 is 0.947 bits per heavy atom. The van der Waals surface area contributed by atoms with E-state index in [0.717, 1.165) is 27.5 Å². The predicted molar refractivity (Wildman–Crippen MR) is 76.7 cm³/mol. The summed E-state index contributed by atoms with van der Waals surface area (Å²) < 4.78 is 0. The molecule has 0 aliphatic carbocycles. The minimum atomic E-state index is -0.179. The summed E-state index contributed by atoms with van der Waals surface area (Å²) in [5.41, 5.74) is 9.71. The highest BCUT2D eigenvalue weighted by Crippen LogP contribution is 2.27. The third-order valence-corrected chi connectivity index (χ3v) is 3.47. The van der Waals surface area contributed by atoms with E-state index in [1.54, 1.807) is 12.4 Å². The van der Waals surface area contributed by atoms with Crippen molar-refractivity contribution < 1.29 is 0 Å². The summed E-state index contributed by atoms with van der Waals surface area (Å²) in [4.78, 5) is 8.38. The first-order valence-electron chi connectivity index (χ1n) is 6.26. The molecular weight excluding hydrogens is 234 g/mol. The van der Waals surface area contributed by atoms with E-state index in [1.807, 2.05) is 30.6 Å². The Labute approximate surface area is 112 Å². The van der Waals surface area contributed by atoms with E-state index in [4.69, 9.17) is 5.73 Å². The number of nitrogens with zero attached hydrogens (tertiary/aromatic N) is 2. The molecule has 3 aromatic rings. The van der Waals surface area contributed by atoms with Gasteiger partial charge in [0.2, 0.25) is 0 Å². The molecule has 3 nitrogen and oxygen atoms in total. The molecule has 2 aromatic heterocycles. The fourth-order valence-corrected chi connectivity index (χ4v) is 2.38. The van der Waals surface area contributed by atoms with Crippen molar-refractivity contribution >= 4 is 10.8 Å². The van der Waals surface area contributed by atoms with E-state index in [9.17, 15) is 0 Å². The zero-order chi connectivity index (χ0) is 13.2. The number of hydrogen-bond acceptors (Lipinski definition) is 3. The lowest BCUT2D eigenvalue weighted by atomic mass is 9.94. The van der Waals surface area contributed by atoms with Gasteiger partial charge >= 0.3 is 0 Å². The van der Waals surface area contributed by atoms with Crippen molar-refractivity contribution in [3.63, 3.8) is 0 Å². The minimum absolute atomic E-state index is 0.179. The topological polar surface area (TPSA) is 51.8 Å². The Morgan fingerprint density at radius 2 is 1.74 bits per heavy atom. The van der Waals surface area contributed by atoms with Crippen LogP contribution in [0.15, 0.2) is 55.1 Å². The van der Waals surface area contributed by atoms with Gasteiger partial charge in [0.15, 0.2) is 0 Å². The highest BCUT2D eigenvalue weighted by Gasteiger charge is 2.14. The molecular formula is C16H15N3. The Balaban J connectivity index is 2.17. The Hall–Kier alpha value is -2.26. The summed E-state index contributed by atoms with van der Waals surface area (Å²) in [5.74, 6) is 0. The molecule has 94 valence electrons. The van der Waals surface area contributed by atoms with Crippen LogP contribution in [0.1, 0.15) is 22.7 Å². The van der Waals surface area contributed by atoms with E-state index in [2.05, 4.69) is 29.0 Å². The second kappa shape index (κ2) is 4.78. The molecule has 0 fully saturated rings. The molecule has 0 amide bonds. The first-order chi connectivity index (χ1) is 9.27. The quantitative estimate of drug-likeness (QED) is 0.759. The summed E-state index contributed by atoms with van der Waals surface area (Å²) in [6, 6.07) is 9.97. The standard InChI is InChI=1S/C16H15N3/c1-11-5-7-18-9-14(11)16(17)13-4-2-3-12-6-8-19-10-15(12)13/h2-10,16H,17H2,1H3. The SMILES string of the molecule is Cc1ccncc1C(N)c1cccc2ccncc12. The predicted octanol–water partition coefficient (Wildman–Crippen LogP) is 2.99. The van der Waals surface area contributed by atoms with E-state index in [0.29, 0.717) is 0 Å². The lowest BCUT2D eigenvalue weighted by Gasteiger charge is -2.16. The molecule has 0 radical (unpaired) electrons. The third kappa shape index (κ3) is 2.09. The largest absolute Gasteiger partial charge is 0.320 e. The number of aromatic nitrogens is 2. The summed E-state index contributed by atoms with van der Waals surface area (Å²) >= 11 is 0. The van der Waals surface area contributed by atoms with Gasteiger partial charge in [0.05, 0.1) is 6.04 Å². The number of rotatable bonds is 2. The van der Waals surface area contributed by atoms with Crippen LogP contribution in [-0.4, -0.2) is 9.97 Å². The molecule has 19 heavy (non-hydrogen) atoms. The number of hydrogen-bond donors (Lipinski definition) is 1. The Bertz CT molecular complexity index is 717. The van der Waals surface area contributed by atoms with Crippen molar-refractivity contribution in [1.29, 1.82) is 0 Å². The molecule has 0 aliphatic rings. The zero-order valence-electron chi connectivity index (χ0n) is 10.7. The molecule has 1 atom stereocenters. The summed E-state index contributed by atoms with van der Waals surface area (Å²) in [6.07, 6.45) is 7.30. The van der Waals surface area contributed by atoms with Crippen molar-refractivity contribution in [2.45, 2.75) is 13.0 Å². The summed E-state index contributed by atoms with van der Waals surface area (Å²) in [5, 5.41) is 2.25. The van der Waals surface area contributed by atoms with Gasteiger partial charge in [-0.1, -0.05) is 18.2 Å². The van der Waals surface area contributed by atoms with Gasteiger partial charge < -0.3 is 5.73 Å². The minimum Gasteiger partial charge on any atom is -0.320 e.